The summed E-state index contributed by atoms with van der Waals surface area (Å²) in [4.78, 5) is 7.37. The molecule has 4 saturated carbocycles. The molecule has 1 aromatic carbocycles. The molecule has 7 heteroatoms. The van der Waals surface area contributed by atoms with Crippen LogP contribution in [0.3, 0.4) is 0 Å². The quantitative estimate of drug-likeness (QED) is 0.264. The third kappa shape index (κ3) is 4.26. The molecule has 0 unspecified atom stereocenters. The highest BCUT2D eigenvalue weighted by atomic mass is 35.5. The van der Waals surface area contributed by atoms with E-state index < -0.39 is 0 Å². The highest BCUT2D eigenvalue weighted by Crippen LogP contribution is 2.54. The molecule has 0 radical (unpaired) electrons. The summed E-state index contributed by atoms with van der Waals surface area (Å²) in [7, 11) is 0. The summed E-state index contributed by atoms with van der Waals surface area (Å²) in [6.07, 6.45) is 13.7. The second kappa shape index (κ2) is 8.91. The van der Waals surface area contributed by atoms with Gasteiger partial charge >= 0.3 is 0 Å². The number of rotatable bonds is 5. The third-order valence-corrected chi connectivity index (χ3v) is 9.16. The van der Waals surface area contributed by atoms with Crippen molar-refractivity contribution in [3.05, 3.63) is 69.8 Å². The minimum Gasteiger partial charge on any atom is -0.370 e. The standard InChI is InChI=1S/C30H27Cl2N3O2/c31-23-16-33-17-24(32)26(23)27-22(28(37-35-27)21-3-4-21)18-36-30-11-8-29(9-12-30,10-13-30)7-5-19-1-2-20-6-14-34-25(20)15-19/h1-2,6,14-17,21,34H,3-4,8-13,18H2. The number of hydrogen-bond donors (Lipinski definition) is 1. The maximum absolute atomic E-state index is 6.76. The third-order valence-electron chi connectivity index (χ3n) is 8.58. The number of pyridine rings is 1. The highest BCUT2D eigenvalue weighted by molar-refractivity contribution is 6.38. The SMILES string of the molecule is Clc1cncc(Cl)c1-c1noc(C2CC2)c1COC12CCC(C#Cc3ccc4cc[nH]c4c3)(CC1)CC2. The van der Waals surface area contributed by atoms with Crippen molar-refractivity contribution in [3.63, 3.8) is 0 Å². The second-order valence-corrected chi connectivity index (χ2v) is 11.7. The first-order chi connectivity index (χ1) is 18.0. The van der Waals surface area contributed by atoms with E-state index in [9.17, 15) is 0 Å². The lowest BCUT2D eigenvalue weighted by Crippen LogP contribution is -2.47. The molecule has 4 fully saturated rings. The number of aromatic nitrogens is 3. The fourth-order valence-corrected chi connectivity index (χ4v) is 6.62. The average molecular weight is 532 g/mol. The maximum atomic E-state index is 6.76. The van der Waals surface area contributed by atoms with Crippen molar-refractivity contribution in [1.82, 2.24) is 15.1 Å². The monoisotopic (exact) mass is 531 g/mol. The summed E-state index contributed by atoms with van der Waals surface area (Å²) in [5.41, 5.74) is 4.52. The predicted octanol–water partition coefficient (Wildman–Crippen LogP) is 8.06. The number of ether oxygens (including phenoxy) is 1. The molecular weight excluding hydrogens is 505 g/mol. The van der Waals surface area contributed by atoms with Gasteiger partial charge in [-0.05, 0) is 75.0 Å². The Balaban J connectivity index is 1.09. The molecule has 0 saturated heterocycles. The molecule has 37 heavy (non-hydrogen) atoms. The summed E-state index contributed by atoms with van der Waals surface area (Å²) in [5.74, 6) is 8.48. The summed E-state index contributed by atoms with van der Waals surface area (Å²) in [6, 6.07) is 8.49. The first kappa shape index (κ1) is 23.3. The Labute approximate surface area is 225 Å². The van der Waals surface area contributed by atoms with Gasteiger partial charge in [0, 0.05) is 52.1 Å². The van der Waals surface area contributed by atoms with E-state index in [0.717, 1.165) is 73.8 Å². The number of nitrogens with zero attached hydrogens (tertiary/aromatic N) is 2. The Morgan fingerprint density at radius 2 is 1.78 bits per heavy atom. The zero-order valence-electron chi connectivity index (χ0n) is 20.4. The minimum absolute atomic E-state index is 0.0927. The van der Waals surface area contributed by atoms with Crippen molar-refractivity contribution in [2.75, 3.05) is 0 Å². The van der Waals surface area contributed by atoms with E-state index in [2.05, 4.69) is 51.2 Å². The summed E-state index contributed by atoms with van der Waals surface area (Å²) in [6.45, 7) is 0.453. The number of aromatic amines is 1. The van der Waals surface area contributed by atoms with Crippen molar-refractivity contribution in [1.29, 1.82) is 0 Å². The van der Waals surface area contributed by atoms with Crippen LogP contribution in [0, 0.1) is 17.3 Å². The van der Waals surface area contributed by atoms with E-state index in [1.54, 1.807) is 12.4 Å². The van der Waals surface area contributed by atoms with Crippen LogP contribution in [0.25, 0.3) is 22.2 Å². The lowest BCUT2D eigenvalue weighted by molar-refractivity contribution is -0.131. The van der Waals surface area contributed by atoms with E-state index >= 15 is 0 Å². The van der Waals surface area contributed by atoms with E-state index in [4.69, 9.17) is 32.5 Å². The lowest BCUT2D eigenvalue weighted by atomic mass is 9.59. The molecule has 4 aliphatic rings. The molecule has 0 aliphatic heterocycles. The molecule has 8 rings (SSSR count). The van der Waals surface area contributed by atoms with Crippen LogP contribution in [-0.2, 0) is 11.3 Å². The first-order valence-electron chi connectivity index (χ1n) is 13.1. The van der Waals surface area contributed by atoms with Crippen LogP contribution in [0.2, 0.25) is 10.0 Å². The van der Waals surface area contributed by atoms with Crippen molar-refractivity contribution in [3.8, 4) is 23.1 Å². The van der Waals surface area contributed by atoms with Gasteiger partial charge in [0.1, 0.15) is 11.5 Å². The van der Waals surface area contributed by atoms with Crippen molar-refractivity contribution in [2.45, 2.75) is 69.5 Å². The Kier molecular flexibility index (Phi) is 5.62. The number of halogens is 2. The van der Waals surface area contributed by atoms with E-state index in [-0.39, 0.29) is 11.0 Å². The second-order valence-electron chi connectivity index (χ2n) is 10.9. The normalized spacial score (nSPS) is 24.8. The van der Waals surface area contributed by atoms with Gasteiger partial charge in [0.05, 0.1) is 22.3 Å². The molecule has 3 heterocycles. The number of hydrogen-bond acceptors (Lipinski definition) is 4. The van der Waals surface area contributed by atoms with Gasteiger partial charge in [-0.3, -0.25) is 4.98 Å². The highest BCUT2D eigenvalue weighted by Gasteiger charge is 2.49. The van der Waals surface area contributed by atoms with Crippen molar-refractivity contribution in [2.24, 2.45) is 5.41 Å². The maximum Gasteiger partial charge on any atom is 0.145 e. The molecule has 4 aliphatic carbocycles. The fourth-order valence-electron chi connectivity index (χ4n) is 6.07. The summed E-state index contributed by atoms with van der Waals surface area (Å²) in [5, 5.41) is 6.56. The minimum atomic E-state index is -0.117. The molecule has 3 aromatic heterocycles. The number of benzene rings is 1. The topological polar surface area (TPSA) is 63.9 Å². The van der Waals surface area contributed by atoms with Crippen LogP contribution < -0.4 is 0 Å². The van der Waals surface area contributed by atoms with Gasteiger partial charge in [0.25, 0.3) is 0 Å². The summed E-state index contributed by atoms with van der Waals surface area (Å²) < 4.78 is 12.6. The smallest absolute Gasteiger partial charge is 0.145 e. The van der Waals surface area contributed by atoms with E-state index in [1.807, 2.05) is 6.20 Å². The first-order valence-corrected chi connectivity index (χ1v) is 13.8. The van der Waals surface area contributed by atoms with Gasteiger partial charge in [-0.25, -0.2) is 0 Å². The van der Waals surface area contributed by atoms with Gasteiger partial charge in [-0.15, -0.1) is 0 Å². The van der Waals surface area contributed by atoms with Gasteiger partial charge in [0.2, 0.25) is 0 Å². The Morgan fingerprint density at radius 3 is 2.51 bits per heavy atom. The van der Waals surface area contributed by atoms with Gasteiger partial charge in [-0.1, -0.05) is 46.3 Å². The molecule has 2 bridgehead atoms. The zero-order valence-corrected chi connectivity index (χ0v) is 22.0. The zero-order chi connectivity index (χ0) is 25.0. The van der Waals surface area contributed by atoms with Crippen LogP contribution in [-0.4, -0.2) is 20.7 Å². The lowest BCUT2D eigenvalue weighted by Gasteiger charge is -2.51. The molecule has 4 aromatic rings. The van der Waals surface area contributed by atoms with Crippen molar-refractivity contribution < 1.29 is 9.26 Å². The van der Waals surface area contributed by atoms with Crippen LogP contribution in [0.4, 0.5) is 0 Å². The van der Waals surface area contributed by atoms with E-state index in [1.165, 1.54) is 5.39 Å². The van der Waals surface area contributed by atoms with Crippen LogP contribution in [0.5, 0.6) is 0 Å². The van der Waals surface area contributed by atoms with Crippen LogP contribution in [0.1, 0.15) is 74.2 Å². The molecule has 1 N–H and O–H groups in total. The predicted molar refractivity (Wildman–Crippen MR) is 145 cm³/mol. The van der Waals surface area contributed by atoms with Gasteiger partial charge < -0.3 is 14.2 Å². The Morgan fingerprint density at radius 1 is 1.03 bits per heavy atom. The summed E-state index contributed by atoms with van der Waals surface area (Å²) >= 11 is 13.0. The van der Waals surface area contributed by atoms with Crippen LogP contribution in [0.15, 0.2) is 47.4 Å². The molecule has 0 atom stereocenters. The van der Waals surface area contributed by atoms with E-state index in [0.29, 0.717) is 33.8 Å². The number of fused-ring (bicyclic) bond motifs is 4. The molecule has 5 nitrogen and oxygen atoms in total. The van der Waals surface area contributed by atoms with Crippen molar-refractivity contribution >= 4 is 34.1 Å². The average Bonchev–Trinajstić information content (AvgIpc) is 3.51. The Hall–Kier alpha value is -2.78. The van der Waals surface area contributed by atoms with Gasteiger partial charge in [0.15, 0.2) is 0 Å². The largest absolute Gasteiger partial charge is 0.370 e. The Bertz CT molecular complexity index is 1510. The molecule has 0 spiro atoms. The molecular formula is C30H27Cl2N3O2. The fraction of sp³-hybridized carbons (Fsp3) is 0.400. The number of nitrogens with one attached hydrogen (secondary N) is 1. The molecule has 0 amide bonds. The molecule has 188 valence electrons. The number of H-pyrrole nitrogens is 1. The van der Waals surface area contributed by atoms with Gasteiger partial charge in [-0.2, -0.15) is 0 Å². The van der Waals surface area contributed by atoms with Crippen LogP contribution >= 0.6 is 23.2 Å².